The molecule has 2 amide bonds. The molecule has 162 valence electrons. The monoisotopic (exact) mass is 407 g/mol. The molecule has 1 fully saturated rings. The number of amides is 2. The number of guanidine groups is 1. The Kier molecular flexibility index (Phi) is 7.92. The number of aliphatic imine (C=N–C) groups is 1. The molecule has 0 aliphatic carbocycles. The van der Waals surface area contributed by atoms with E-state index in [-0.39, 0.29) is 12.0 Å². The highest BCUT2D eigenvalue weighted by Crippen LogP contribution is 2.10. The second kappa shape index (κ2) is 10.2. The molecule has 2 rings (SSSR count). The highest BCUT2D eigenvalue weighted by atomic mass is 16.6. The molecule has 0 radical (unpaired) electrons. The number of carbonyl (C=O) groups is 2. The number of nitrogens with zero attached hydrogens (tertiary/aromatic N) is 4. The maximum Gasteiger partial charge on any atom is 0.410 e. The van der Waals surface area contributed by atoms with Crippen LogP contribution in [0.5, 0.6) is 0 Å². The SMILES string of the molecule is CCNC(=NCCN(C)C(=O)OC(C)(C)C)N1CCN(C(=O)c2ccco2)CC1. The van der Waals surface area contributed by atoms with Crippen LogP contribution in [0.2, 0.25) is 0 Å². The van der Waals surface area contributed by atoms with Crippen LogP contribution in [0.3, 0.4) is 0 Å². The lowest BCUT2D eigenvalue weighted by molar-refractivity contribution is 0.0304. The summed E-state index contributed by atoms with van der Waals surface area (Å²) in [7, 11) is 1.70. The molecule has 29 heavy (non-hydrogen) atoms. The molecule has 1 N–H and O–H groups in total. The van der Waals surface area contributed by atoms with Gasteiger partial charge < -0.3 is 29.2 Å². The highest BCUT2D eigenvalue weighted by Gasteiger charge is 2.25. The van der Waals surface area contributed by atoms with E-state index in [9.17, 15) is 9.59 Å². The first-order valence-corrected chi connectivity index (χ1v) is 10.0. The third kappa shape index (κ3) is 6.99. The van der Waals surface area contributed by atoms with Gasteiger partial charge in [0.2, 0.25) is 0 Å². The van der Waals surface area contributed by atoms with Crippen LogP contribution in [0, 0.1) is 0 Å². The Morgan fingerprint density at radius 1 is 1.24 bits per heavy atom. The Morgan fingerprint density at radius 2 is 1.90 bits per heavy atom. The molecule has 1 aliphatic heterocycles. The van der Waals surface area contributed by atoms with Crippen LogP contribution in [-0.2, 0) is 4.74 Å². The zero-order chi connectivity index (χ0) is 21.4. The van der Waals surface area contributed by atoms with Gasteiger partial charge in [-0.05, 0) is 39.8 Å². The average Bonchev–Trinajstić information content (AvgIpc) is 3.20. The summed E-state index contributed by atoms with van der Waals surface area (Å²) >= 11 is 0. The number of hydrogen-bond donors (Lipinski definition) is 1. The molecule has 0 aromatic carbocycles. The van der Waals surface area contributed by atoms with Crippen LogP contribution in [-0.4, -0.2) is 91.1 Å². The van der Waals surface area contributed by atoms with Crippen molar-refractivity contribution >= 4 is 18.0 Å². The lowest BCUT2D eigenvalue weighted by Crippen LogP contribution is -2.53. The zero-order valence-corrected chi connectivity index (χ0v) is 18.1. The number of nitrogens with one attached hydrogen (secondary N) is 1. The lowest BCUT2D eigenvalue weighted by Gasteiger charge is -2.36. The fourth-order valence-electron chi connectivity index (χ4n) is 2.84. The van der Waals surface area contributed by atoms with E-state index in [0.29, 0.717) is 45.0 Å². The molecular formula is C20H33N5O4. The first-order valence-electron chi connectivity index (χ1n) is 10.0. The predicted octanol–water partition coefficient (Wildman–Crippen LogP) is 1.87. The minimum atomic E-state index is -0.518. The van der Waals surface area contributed by atoms with Gasteiger partial charge in [0.1, 0.15) is 5.60 Å². The Hall–Kier alpha value is -2.71. The summed E-state index contributed by atoms with van der Waals surface area (Å²) in [4.78, 5) is 34.5. The van der Waals surface area contributed by atoms with Gasteiger partial charge in [0.25, 0.3) is 5.91 Å². The fourth-order valence-corrected chi connectivity index (χ4v) is 2.84. The minimum absolute atomic E-state index is 0.0874. The normalized spacial score (nSPS) is 15.3. The maximum absolute atomic E-state index is 12.4. The second-order valence-corrected chi connectivity index (χ2v) is 7.89. The fraction of sp³-hybridized carbons (Fsp3) is 0.650. The van der Waals surface area contributed by atoms with Crippen molar-refractivity contribution in [1.82, 2.24) is 20.0 Å². The van der Waals surface area contributed by atoms with Crippen molar-refractivity contribution in [3.8, 4) is 0 Å². The molecule has 0 spiro atoms. The molecule has 1 aromatic heterocycles. The molecular weight excluding hydrogens is 374 g/mol. The average molecular weight is 408 g/mol. The van der Waals surface area contributed by atoms with Crippen LogP contribution < -0.4 is 5.32 Å². The van der Waals surface area contributed by atoms with Gasteiger partial charge >= 0.3 is 6.09 Å². The van der Waals surface area contributed by atoms with Crippen LogP contribution in [0.25, 0.3) is 0 Å². The van der Waals surface area contributed by atoms with Crippen molar-refractivity contribution in [2.24, 2.45) is 4.99 Å². The van der Waals surface area contributed by atoms with Crippen molar-refractivity contribution in [1.29, 1.82) is 0 Å². The number of ether oxygens (including phenoxy) is 1. The molecule has 0 unspecified atom stereocenters. The van der Waals surface area contributed by atoms with E-state index in [1.165, 1.54) is 11.2 Å². The number of piperazine rings is 1. The van der Waals surface area contributed by atoms with E-state index >= 15 is 0 Å². The summed E-state index contributed by atoms with van der Waals surface area (Å²) in [6, 6.07) is 3.40. The van der Waals surface area contributed by atoms with Gasteiger partial charge in [0, 0.05) is 46.3 Å². The van der Waals surface area contributed by atoms with E-state index in [1.807, 2.05) is 27.7 Å². The van der Waals surface area contributed by atoms with E-state index in [4.69, 9.17) is 9.15 Å². The summed E-state index contributed by atoms with van der Waals surface area (Å²) in [6.45, 7) is 11.8. The third-order valence-electron chi connectivity index (χ3n) is 4.34. The van der Waals surface area contributed by atoms with Gasteiger partial charge in [-0.3, -0.25) is 9.79 Å². The van der Waals surface area contributed by atoms with E-state index in [0.717, 1.165) is 12.5 Å². The van der Waals surface area contributed by atoms with E-state index in [2.05, 4.69) is 15.2 Å². The smallest absolute Gasteiger partial charge is 0.410 e. The maximum atomic E-state index is 12.4. The van der Waals surface area contributed by atoms with Gasteiger partial charge in [-0.25, -0.2) is 4.79 Å². The standard InChI is InChI=1S/C20H33N5O4/c1-6-21-18(22-9-10-23(5)19(27)29-20(2,3)4)25-13-11-24(12-14-25)17(26)16-8-7-15-28-16/h7-8,15H,6,9-14H2,1-5H3,(H,21,22). The molecule has 0 atom stereocenters. The molecule has 1 aromatic rings. The summed E-state index contributed by atoms with van der Waals surface area (Å²) in [5.41, 5.74) is -0.518. The van der Waals surface area contributed by atoms with Crippen molar-refractivity contribution in [3.63, 3.8) is 0 Å². The number of rotatable bonds is 5. The van der Waals surface area contributed by atoms with Crippen LogP contribution >= 0.6 is 0 Å². The molecule has 1 saturated heterocycles. The number of furan rings is 1. The Bertz CT molecular complexity index is 688. The summed E-state index contributed by atoms with van der Waals surface area (Å²) in [5.74, 6) is 1.06. The van der Waals surface area contributed by atoms with Crippen molar-refractivity contribution < 1.29 is 18.7 Å². The number of carbonyl (C=O) groups excluding carboxylic acids is 2. The topological polar surface area (TPSA) is 90.6 Å². The summed E-state index contributed by atoms with van der Waals surface area (Å²) in [6.07, 6.45) is 1.15. The third-order valence-corrected chi connectivity index (χ3v) is 4.34. The second-order valence-electron chi connectivity index (χ2n) is 7.89. The molecule has 9 heteroatoms. The van der Waals surface area contributed by atoms with Crippen molar-refractivity contribution in [2.45, 2.75) is 33.3 Å². The molecule has 9 nitrogen and oxygen atoms in total. The largest absolute Gasteiger partial charge is 0.459 e. The Morgan fingerprint density at radius 3 is 2.45 bits per heavy atom. The van der Waals surface area contributed by atoms with Crippen LogP contribution in [0.4, 0.5) is 4.79 Å². The van der Waals surface area contributed by atoms with Gasteiger partial charge in [0.15, 0.2) is 11.7 Å². The quantitative estimate of drug-likeness (QED) is 0.592. The van der Waals surface area contributed by atoms with Crippen LogP contribution in [0.15, 0.2) is 27.8 Å². The number of hydrogen-bond acceptors (Lipinski definition) is 5. The first-order chi connectivity index (χ1) is 13.7. The molecule has 0 bridgehead atoms. The highest BCUT2D eigenvalue weighted by molar-refractivity contribution is 5.91. The van der Waals surface area contributed by atoms with Gasteiger partial charge in [-0.2, -0.15) is 0 Å². The van der Waals surface area contributed by atoms with Crippen LogP contribution in [0.1, 0.15) is 38.2 Å². The Balaban J connectivity index is 1.86. The molecule has 2 heterocycles. The van der Waals surface area contributed by atoms with Gasteiger partial charge in [-0.1, -0.05) is 0 Å². The minimum Gasteiger partial charge on any atom is -0.459 e. The first kappa shape index (κ1) is 22.6. The Labute approximate surface area is 172 Å². The van der Waals surface area contributed by atoms with Crippen molar-refractivity contribution in [2.75, 3.05) is 52.9 Å². The summed E-state index contributed by atoms with van der Waals surface area (Å²) in [5, 5.41) is 3.28. The van der Waals surface area contributed by atoms with Gasteiger partial charge in [0.05, 0.1) is 12.8 Å². The summed E-state index contributed by atoms with van der Waals surface area (Å²) < 4.78 is 10.6. The van der Waals surface area contributed by atoms with Crippen molar-refractivity contribution in [3.05, 3.63) is 24.2 Å². The molecule has 1 aliphatic rings. The molecule has 0 saturated carbocycles. The lowest BCUT2D eigenvalue weighted by atomic mass is 10.2. The number of likely N-dealkylation sites (N-methyl/N-ethyl adjacent to an activating group) is 1. The zero-order valence-electron chi connectivity index (χ0n) is 18.1. The predicted molar refractivity (Wildman–Crippen MR) is 111 cm³/mol. The van der Waals surface area contributed by atoms with E-state index in [1.54, 1.807) is 24.1 Å². The van der Waals surface area contributed by atoms with E-state index < -0.39 is 5.60 Å². The van der Waals surface area contributed by atoms with Gasteiger partial charge in [-0.15, -0.1) is 0 Å².